The van der Waals surface area contributed by atoms with Crippen LogP contribution in [0.15, 0.2) is 53.0 Å². The summed E-state index contributed by atoms with van der Waals surface area (Å²) in [5.41, 5.74) is 8.23. The van der Waals surface area contributed by atoms with Gasteiger partial charge in [0.05, 0.1) is 12.1 Å². The van der Waals surface area contributed by atoms with Crippen LogP contribution in [0.3, 0.4) is 0 Å². The highest BCUT2D eigenvalue weighted by atomic mass is 79.9. The molecular formula is C19H21BrN2O3. The average molecular weight is 405 g/mol. The van der Waals surface area contributed by atoms with E-state index in [0.29, 0.717) is 18.5 Å². The highest BCUT2D eigenvalue weighted by Crippen LogP contribution is 2.35. The van der Waals surface area contributed by atoms with Gasteiger partial charge in [-0.2, -0.15) is 0 Å². The highest BCUT2D eigenvalue weighted by Gasteiger charge is 2.41. The molecule has 4 N–H and O–H groups in total. The van der Waals surface area contributed by atoms with Crippen molar-refractivity contribution in [2.75, 3.05) is 5.73 Å². The summed E-state index contributed by atoms with van der Waals surface area (Å²) in [7, 11) is 0. The zero-order valence-electron chi connectivity index (χ0n) is 13.7. The molecule has 2 aromatic rings. The van der Waals surface area contributed by atoms with Crippen molar-refractivity contribution < 1.29 is 15.0 Å². The maximum absolute atomic E-state index is 11.9. The Morgan fingerprint density at radius 2 is 1.96 bits per heavy atom. The second kappa shape index (κ2) is 7.45. The van der Waals surface area contributed by atoms with E-state index < -0.39 is 18.2 Å². The Morgan fingerprint density at radius 1 is 1.24 bits per heavy atom. The van der Waals surface area contributed by atoms with Crippen molar-refractivity contribution in [1.29, 1.82) is 0 Å². The van der Waals surface area contributed by atoms with Crippen LogP contribution in [0.2, 0.25) is 0 Å². The van der Waals surface area contributed by atoms with E-state index in [1.807, 2.05) is 48.5 Å². The third-order valence-electron chi connectivity index (χ3n) is 4.81. The lowest BCUT2D eigenvalue weighted by atomic mass is 10.0. The number of likely N-dealkylation sites (tertiary alicyclic amines) is 1. The molecule has 3 rings (SSSR count). The van der Waals surface area contributed by atoms with Crippen LogP contribution in [-0.4, -0.2) is 33.3 Å². The summed E-state index contributed by atoms with van der Waals surface area (Å²) in [6, 6.07) is 14.3. The van der Waals surface area contributed by atoms with Gasteiger partial charge in [0.25, 0.3) is 0 Å². The van der Waals surface area contributed by atoms with Gasteiger partial charge < -0.3 is 15.9 Å². The standard InChI is InChI=1S/C19H21BrN2O3/c20-15-11-12(6-8-16(15)21)10-14-7-9-17(22(14)19(24)25)18(23)13-4-2-1-3-5-13/h1-6,8,11,14,17-18,23H,7,9-10,21H2,(H,24,25)/t14-,17+,18?/m0/s1. The summed E-state index contributed by atoms with van der Waals surface area (Å²) in [5, 5.41) is 20.4. The SMILES string of the molecule is Nc1ccc(C[C@@H]2CC[C@H](C(O)c3ccccc3)N2C(=O)O)cc1Br. The van der Waals surface area contributed by atoms with Crippen LogP contribution in [0.5, 0.6) is 0 Å². The minimum absolute atomic E-state index is 0.156. The van der Waals surface area contributed by atoms with Gasteiger partial charge >= 0.3 is 6.09 Å². The third-order valence-corrected chi connectivity index (χ3v) is 5.50. The molecule has 1 fully saturated rings. The fourth-order valence-electron chi connectivity index (χ4n) is 3.56. The van der Waals surface area contributed by atoms with Gasteiger partial charge in [0.15, 0.2) is 0 Å². The molecule has 25 heavy (non-hydrogen) atoms. The maximum atomic E-state index is 11.9. The van der Waals surface area contributed by atoms with Gasteiger partial charge in [0.1, 0.15) is 0 Å². The Morgan fingerprint density at radius 3 is 2.60 bits per heavy atom. The lowest BCUT2D eigenvalue weighted by molar-refractivity contribution is 0.0540. The van der Waals surface area contributed by atoms with Crippen LogP contribution in [-0.2, 0) is 6.42 Å². The summed E-state index contributed by atoms with van der Waals surface area (Å²) in [5.74, 6) is 0. The number of carboxylic acid groups (broad SMARTS) is 1. The summed E-state index contributed by atoms with van der Waals surface area (Å²) >= 11 is 3.41. The van der Waals surface area contributed by atoms with E-state index >= 15 is 0 Å². The van der Waals surface area contributed by atoms with Crippen molar-refractivity contribution in [3.8, 4) is 0 Å². The molecule has 0 spiro atoms. The molecular weight excluding hydrogens is 384 g/mol. The van der Waals surface area contributed by atoms with Crippen LogP contribution >= 0.6 is 15.9 Å². The van der Waals surface area contributed by atoms with E-state index in [-0.39, 0.29) is 6.04 Å². The van der Waals surface area contributed by atoms with Crippen molar-refractivity contribution in [2.24, 2.45) is 0 Å². The number of aliphatic hydroxyl groups excluding tert-OH is 1. The molecule has 2 aromatic carbocycles. The molecule has 0 aromatic heterocycles. The normalized spacial score (nSPS) is 21.3. The number of nitrogens with zero attached hydrogens (tertiary/aromatic N) is 1. The zero-order chi connectivity index (χ0) is 18.0. The minimum atomic E-state index is -0.989. The van der Waals surface area contributed by atoms with Gasteiger partial charge in [-0.05, 0) is 58.5 Å². The number of benzene rings is 2. The van der Waals surface area contributed by atoms with E-state index in [9.17, 15) is 15.0 Å². The number of hydrogen-bond acceptors (Lipinski definition) is 3. The maximum Gasteiger partial charge on any atom is 0.407 e. The lowest BCUT2D eigenvalue weighted by Crippen LogP contribution is -2.44. The van der Waals surface area contributed by atoms with Gasteiger partial charge in [-0.1, -0.05) is 36.4 Å². The number of aliphatic hydroxyl groups is 1. The molecule has 1 amide bonds. The molecule has 5 nitrogen and oxygen atoms in total. The molecule has 1 saturated heterocycles. The summed E-state index contributed by atoms with van der Waals surface area (Å²) < 4.78 is 0.811. The van der Waals surface area contributed by atoms with E-state index in [1.165, 1.54) is 4.90 Å². The van der Waals surface area contributed by atoms with E-state index in [1.54, 1.807) is 0 Å². The molecule has 0 saturated carbocycles. The first kappa shape index (κ1) is 17.8. The molecule has 0 bridgehead atoms. The number of halogens is 1. The first-order chi connectivity index (χ1) is 12.0. The molecule has 132 valence electrons. The molecule has 1 heterocycles. The number of rotatable bonds is 4. The highest BCUT2D eigenvalue weighted by molar-refractivity contribution is 9.10. The van der Waals surface area contributed by atoms with Crippen molar-refractivity contribution in [3.63, 3.8) is 0 Å². The topological polar surface area (TPSA) is 86.8 Å². The van der Waals surface area contributed by atoms with Crippen LogP contribution in [0.25, 0.3) is 0 Å². The van der Waals surface area contributed by atoms with Crippen molar-refractivity contribution in [1.82, 2.24) is 4.90 Å². The van der Waals surface area contributed by atoms with Crippen molar-refractivity contribution in [2.45, 2.75) is 37.5 Å². The zero-order valence-corrected chi connectivity index (χ0v) is 15.3. The molecule has 0 radical (unpaired) electrons. The van der Waals surface area contributed by atoms with Crippen LogP contribution < -0.4 is 5.73 Å². The first-order valence-electron chi connectivity index (χ1n) is 8.25. The number of amides is 1. The first-order valence-corrected chi connectivity index (χ1v) is 9.05. The number of nitrogens with two attached hydrogens (primary N) is 1. The Balaban J connectivity index is 1.79. The predicted octanol–water partition coefficient (Wildman–Crippen LogP) is 3.82. The second-order valence-electron chi connectivity index (χ2n) is 6.40. The quantitative estimate of drug-likeness (QED) is 0.675. The molecule has 1 aliphatic heterocycles. The Bertz CT molecular complexity index is 754. The summed E-state index contributed by atoms with van der Waals surface area (Å²) in [6.45, 7) is 0. The molecule has 1 aliphatic rings. The van der Waals surface area contributed by atoms with E-state index in [4.69, 9.17) is 5.73 Å². The van der Waals surface area contributed by atoms with Crippen molar-refractivity contribution >= 4 is 27.7 Å². The molecule has 6 heteroatoms. The van der Waals surface area contributed by atoms with Gasteiger partial charge in [-0.3, -0.25) is 4.90 Å². The Labute approximate surface area is 155 Å². The van der Waals surface area contributed by atoms with Crippen LogP contribution in [0.4, 0.5) is 10.5 Å². The third kappa shape index (κ3) is 3.80. The lowest BCUT2D eigenvalue weighted by Gasteiger charge is -2.31. The van der Waals surface area contributed by atoms with Gasteiger partial charge in [-0.25, -0.2) is 4.79 Å². The van der Waals surface area contributed by atoms with Crippen LogP contribution in [0, 0.1) is 0 Å². The number of nitrogen functional groups attached to an aromatic ring is 1. The monoisotopic (exact) mass is 404 g/mol. The smallest absolute Gasteiger partial charge is 0.407 e. The minimum Gasteiger partial charge on any atom is -0.465 e. The number of carbonyl (C=O) groups is 1. The largest absolute Gasteiger partial charge is 0.465 e. The van der Waals surface area contributed by atoms with Crippen molar-refractivity contribution in [3.05, 3.63) is 64.1 Å². The molecule has 3 atom stereocenters. The van der Waals surface area contributed by atoms with Gasteiger partial charge in [0, 0.05) is 16.2 Å². The average Bonchev–Trinajstić information content (AvgIpc) is 3.02. The number of hydrogen-bond donors (Lipinski definition) is 3. The summed E-state index contributed by atoms with van der Waals surface area (Å²) in [6.07, 6.45) is 0.160. The Kier molecular flexibility index (Phi) is 5.30. The fourth-order valence-corrected chi connectivity index (χ4v) is 3.99. The Hall–Kier alpha value is -2.05. The van der Waals surface area contributed by atoms with E-state index in [2.05, 4.69) is 15.9 Å². The fraction of sp³-hybridized carbons (Fsp3) is 0.316. The predicted molar refractivity (Wildman–Crippen MR) is 100 cm³/mol. The van der Waals surface area contributed by atoms with Gasteiger partial charge in [0.2, 0.25) is 0 Å². The van der Waals surface area contributed by atoms with Crippen LogP contribution in [0.1, 0.15) is 30.1 Å². The summed E-state index contributed by atoms with van der Waals surface area (Å²) in [4.78, 5) is 13.3. The molecule has 1 unspecified atom stereocenters. The second-order valence-corrected chi connectivity index (χ2v) is 7.26. The number of anilines is 1. The van der Waals surface area contributed by atoms with Gasteiger partial charge in [-0.15, -0.1) is 0 Å². The van der Waals surface area contributed by atoms with E-state index in [0.717, 1.165) is 22.0 Å². The molecule has 0 aliphatic carbocycles.